The summed E-state index contributed by atoms with van der Waals surface area (Å²) in [6.45, 7) is 0. The minimum Gasteiger partial charge on any atom is -0.496 e. The molecule has 9 heteroatoms. The maximum atomic E-state index is 12.6. The molecule has 0 aliphatic carbocycles. The zero-order valence-corrected chi connectivity index (χ0v) is 15.1. The first-order valence-corrected chi connectivity index (χ1v) is 8.84. The van der Waals surface area contributed by atoms with E-state index in [2.05, 4.69) is 20.7 Å². The van der Waals surface area contributed by atoms with Crippen LogP contribution in [0.5, 0.6) is 11.5 Å². The Hall–Kier alpha value is -2.26. The van der Waals surface area contributed by atoms with Crippen molar-refractivity contribution in [3.8, 4) is 11.5 Å². The Labute approximate surface area is 147 Å². The van der Waals surface area contributed by atoms with Gasteiger partial charge in [-0.25, -0.2) is 13.2 Å². The molecule has 0 atom stereocenters. The average Bonchev–Trinajstić information content (AvgIpc) is 2.54. The van der Waals surface area contributed by atoms with E-state index in [0.717, 1.165) is 0 Å². The van der Waals surface area contributed by atoms with E-state index in [1.165, 1.54) is 50.6 Å². The molecule has 2 N–H and O–H groups in total. The molecule has 0 unspecified atom stereocenters. The van der Waals surface area contributed by atoms with Crippen LogP contribution in [0.4, 0.5) is 5.69 Å². The second kappa shape index (κ2) is 7.10. The highest BCUT2D eigenvalue weighted by Gasteiger charge is 2.22. The molecule has 24 heavy (non-hydrogen) atoms. The third kappa shape index (κ3) is 3.80. The summed E-state index contributed by atoms with van der Waals surface area (Å²) < 4.78 is 38.4. The topological polar surface area (TPSA) is 102 Å². The number of nitrogens with one attached hydrogen (secondary N) is 1. The summed E-state index contributed by atoms with van der Waals surface area (Å²) in [5.74, 6) is -0.723. The lowest BCUT2D eigenvalue weighted by atomic mass is 10.2. The number of methoxy groups -OCH3 is 2. The van der Waals surface area contributed by atoms with Gasteiger partial charge in [0.15, 0.2) is 0 Å². The minimum absolute atomic E-state index is 0.0319. The van der Waals surface area contributed by atoms with Crippen molar-refractivity contribution in [2.45, 2.75) is 4.90 Å². The summed E-state index contributed by atoms with van der Waals surface area (Å²) in [6.07, 6.45) is 0. The Kier molecular flexibility index (Phi) is 5.35. The van der Waals surface area contributed by atoms with E-state index < -0.39 is 16.0 Å². The zero-order chi connectivity index (χ0) is 17.9. The van der Waals surface area contributed by atoms with Gasteiger partial charge in [-0.1, -0.05) is 6.07 Å². The molecule has 2 aromatic rings. The van der Waals surface area contributed by atoms with Crippen LogP contribution in [0.15, 0.2) is 45.8 Å². The van der Waals surface area contributed by atoms with Crippen molar-refractivity contribution in [3.63, 3.8) is 0 Å². The van der Waals surface area contributed by atoms with E-state index in [9.17, 15) is 13.2 Å². The number of rotatable bonds is 6. The summed E-state index contributed by atoms with van der Waals surface area (Å²) in [7, 11) is -1.26. The maximum Gasteiger partial charge on any atom is 0.335 e. The molecule has 0 radical (unpaired) electrons. The van der Waals surface area contributed by atoms with Crippen LogP contribution in [0.1, 0.15) is 10.4 Å². The van der Waals surface area contributed by atoms with Crippen molar-refractivity contribution in [1.82, 2.24) is 0 Å². The standard InChI is InChI=1S/C15H14BrNO6S/c1-22-12-8-14(13(23-2)7-11(12)16)24(20,21)17-10-5-3-4-9(6-10)15(18)19/h3-8,17H,1-2H3,(H,18,19). The highest BCUT2D eigenvalue weighted by Crippen LogP contribution is 2.36. The van der Waals surface area contributed by atoms with E-state index in [1.54, 1.807) is 0 Å². The number of benzene rings is 2. The monoisotopic (exact) mass is 415 g/mol. The molecule has 0 aliphatic heterocycles. The Morgan fingerprint density at radius 1 is 1.12 bits per heavy atom. The molecular weight excluding hydrogens is 402 g/mol. The van der Waals surface area contributed by atoms with Gasteiger partial charge in [0, 0.05) is 11.8 Å². The van der Waals surface area contributed by atoms with Gasteiger partial charge in [0.1, 0.15) is 16.4 Å². The number of sulfonamides is 1. The molecule has 0 fully saturated rings. The highest BCUT2D eigenvalue weighted by atomic mass is 79.9. The van der Waals surface area contributed by atoms with Crippen LogP contribution in [0.2, 0.25) is 0 Å². The van der Waals surface area contributed by atoms with Crippen molar-refractivity contribution in [3.05, 3.63) is 46.4 Å². The zero-order valence-electron chi connectivity index (χ0n) is 12.7. The number of hydrogen-bond donors (Lipinski definition) is 2. The largest absolute Gasteiger partial charge is 0.496 e. The lowest BCUT2D eigenvalue weighted by Gasteiger charge is -2.14. The summed E-state index contributed by atoms with van der Waals surface area (Å²) in [6, 6.07) is 8.27. The molecule has 0 amide bonds. The predicted molar refractivity (Wildman–Crippen MR) is 91.5 cm³/mol. The second-order valence-corrected chi connectivity index (χ2v) is 7.13. The molecule has 0 saturated heterocycles. The molecule has 0 saturated carbocycles. The summed E-state index contributed by atoms with van der Waals surface area (Å²) in [4.78, 5) is 10.9. The Bertz CT molecular complexity index is 882. The maximum absolute atomic E-state index is 12.6. The van der Waals surface area contributed by atoms with Gasteiger partial charge in [0.2, 0.25) is 0 Å². The fourth-order valence-corrected chi connectivity index (χ4v) is 3.67. The number of ether oxygens (including phenoxy) is 2. The Balaban J connectivity index is 2.47. The number of carbonyl (C=O) groups is 1. The van der Waals surface area contributed by atoms with Crippen LogP contribution in [0.25, 0.3) is 0 Å². The normalized spacial score (nSPS) is 11.0. The lowest BCUT2D eigenvalue weighted by molar-refractivity contribution is 0.0697. The highest BCUT2D eigenvalue weighted by molar-refractivity contribution is 9.10. The van der Waals surface area contributed by atoms with Crippen LogP contribution in [0, 0.1) is 0 Å². The van der Waals surface area contributed by atoms with Crippen LogP contribution in [-0.4, -0.2) is 33.7 Å². The van der Waals surface area contributed by atoms with Gasteiger partial charge in [-0.3, -0.25) is 4.72 Å². The number of aromatic carboxylic acids is 1. The van der Waals surface area contributed by atoms with Gasteiger partial charge < -0.3 is 14.6 Å². The Morgan fingerprint density at radius 2 is 1.79 bits per heavy atom. The lowest BCUT2D eigenvalue weighted by Crippen LogP contribution is -2.14. The van der Waals surface area contributed by atoms with E-state index in [4.69, 9.17) is 14.6 Å². The van der Waals surface area contributed by atoms with Crippen molar-refractivity contribution in [2.75, 3.05) is 18.9 Å². The molecule has 0 aromatic heterocycles. The number of carboxylic acids is 1. The minimum atomic E-state index is -4.02. The molecule has 2 aromatic carbocycles. The van der Waals surface area contributed by atoms with Crippen molar-refractivity contribution in [1.29, 1.82) is 0 Å². The SMILES string of the molecule is COc1cc(S(=O)(=O)Nc2cccc(C(=O)O)c2)c(OC)cc1Br. The van der Waals surface area contributed by atoms with Crippen LogP contribution < -0.4 is 14.2 Å². The quantitative estimate of drug-likeness (QED) is 0.751. The smallest absolute Gasteiger partial charge is 0.335 e. The average molecular weight is 416 g/mol. The molecular formula is C15H14BrNO6S. The first-order chi connectivity index (χ1) is 11.3. The van der Waals surface area contributed by atoms with Crippen LogP contribution in [0.3, 0.4) is 0 Å². The van der Waals surface area contributed by atoms with Crippen LogP contribution >= 0.6 is 15.9 Å². The molecule has 0 spiro atoms. The number of anilines is 1. The van der Waals surface area contributed by atoms with Gasteiger partial charge in [-0.2, -0.15) is 0 Å². The molecule has 7 nitrogen and oxygen atoms in total. The second-order valence-electron chi connectivity index (χ2n) is 4.63. The number of hydrogen-bond acceptors (Lipinski definition) is 5. The number of carboxylic acid groups (broad SMARTS) is 1. The molecule has 0 bridgehead atoms. The third-order valence-electron chi connectivity index (χ3n) is 3.09. The molecule has 0 aliphatic rings. The van der Waals surface area contributed by atoms with Crippen molar-refractivity contribution < 1.29 is 27.8 Å². The molecule has 0 heterocycles. The number of halogens is 1. The summed E-state index contributed by atoms with van der Waals surface area (Å²) >= 11 is 3.26. The van der Waals surface area contributed by atoms with Crippen molar-refractivity contribution in [2.24, 2.45) is 0 Å². The predicted octanol–water partition coefficient (Wildman–Crippen LogP) is 2.97. The molecule has 128 valence electrons. The van der Waals surface area contributed by atoms with Gasteiger partial charge >= 0.3 is 5.97 Å². The van der Waals surface area contributed by atoms with E-state index in [0.29, 0.717) is 10.2 Å². The van der Waals surface area contributed by atoms with Gasteiger partial charge in [0.25, 0.3) is 10.0 Å². The van der Waals surface area contributed by atoms with E-state index in [1.807, 2.05) is 0 Å². The van der Waals surface area contributed by atoms with Crippen molar-refractivity contribution >= 4 is 37.6 Å². The summed E-state index contributed by atoms with van der Waals surface area (Å²) in [5, 5.41) is 8.99. The fraction of sp³-hybridized carbons (Fsp3) is 0.133. The third-order valence-corrected chi connectivity index (χ3v) is 5.11. The first kappa shape index (κ1) is 18.1. The van der Waals surface area contributed by atoms with E-state index in [-0.39, 0.29) is 21.9 Å². The molecule has 2 rings (SSSR count). The van der Waals surface area contributed by atoms with Gasteiger partial charge in [-0.15, -0.1) is 0 Å². The van der Waals surface area contributed by atoms with Gasteiger partial charge in [-0.05, 0) is 40.2 Å². The first-order valence-electron chi connectivity index (χ1n) is 6.56. The van der Waals surface area contributed by atoms with Gasteiger partial charge in [0.05, 0.1) is 24.3 Å². The fourth-order valence-electron chi connectivity index (χ4n) is 1.97. The Morgan fingerprint density at radius 3 is 2.38 bits per heavy atom. The van der Waals surface area contributed by atoms with E-state index >= 15 is 0 Å². The van der Waals surface area contributed by atoms with Crippen LogP contribution in [-0.2, 0) is 10.0 Å². The summed E-state index contributed by atoms with van der Waals surface area (Å²) in [5.41, 5.74) is 0.0920.